The van der Waals surface area contributed by atoms with E-state index in [1.165, 1.54) is 4.68 Å². The van der Waals surface area contributed by atoms with Crippen molar-refractivity contribution in [2.45, 2.75) is 13.0 Å². The van der Waals surface area contributed by atoms with Gasteiger partial charge in [0.15, 0.2) is 0 Å². The summed E-state index contributed by atoms with van der Waals surface area (Å²) in [6.07, 6.45) is 1.68. The second kappa shape index (κ2) is 7.44. The van der Waals surface area contributed by atoms with E-state index in [1.54, 1.807) is 7.11 Å². The average Bonchev–Trinajstić information content (AvgIpc) is 2.78. The summed E-state index contributed by atoms with van der Waals surface area (Å²) in [5.41, 5.74) is -1.06. The lowest BCUT2D eigenvalue weighted by molar-refractivity contribution is -0.385. The highest BCUT2D eigenvalue weighted by Crippen LogP contribution is 2.16. The van der Waals surface area contributed by atoms with Crippen molar-refractivity contribution < 1.29 is 24.3 Å². The van der Waals surface area contributed by atoms with Crippen LogP contribution in [0.2, 0.25) is 0 Å². The van der Waals surface area contributed by atoms with Crippen molar-refractivity contribution in [3.63, 3.8) is 0 Å². The molecule has 0 bridgehead atoms. The highest BCUT2D eigenvalue weighted by atomic mass is 16.6. The SMILES string of the molecule is COCCOCCCn1cc([N+](=O)[O-])c(C(=O)O)n1. The van der Waals surface area contributed by atoms with Gasteiger partial charge in [0.1, 0.15) is 6.20 Å². The molecular formula is C10H15N3O6. The molecule has 9 heteroatoms. The number of nitro groups is 1. The lowest BCUT2D eigenvalue weighted by atomic mass is 10.4. The van der Waals surface area contributed by atoms with E-state index < -0.39 is 22.3 Å². The highest BCUT2D eigenvalue weighted by Gasteiger charge is 2.24. The van der Waals surface area contributed by atoms with Gasteiger partial charge < -0.3 is 14.6 Å². The number of carboxylic acids is 1. The van der Waals surface area contributed by atoms with Gasteiger partial charge in [-0.25, -0.2) is 4.79 Å². The van der Waals surface area contributed by atoms with Gasteiger partial charge in [0.25, 0.3) is 0 Å². The van der Waals surface area contributed by atoms with Crippen molar-refractivity contribution in [2.24, 2.45) is 0 Å². The molecule has 0 aromatic carbocycles. The molecule has 1 rings (SSSR count). The third kappa shape index (κ3) is 4.64. The molecule has 0 aliphatic heterocycles. The van der Waals surface area contributed by atoms with E-state index in [-0.39, 0.29) is 0 Å². The number of aromatic carboxylic acids is 1. The maximum absolute atomic E-state index is 10.8. The van der Waals surface area contributed by atoms with Crippen LogP contribution in [0.4, 0.5) is 5.69 Å². The van der Waals surface area contributed by atoms with Gasteiger partial charge in [0.2, 0.25) is 5.69 Å². The molecule has 0 saturated heterocycles. The molecular weight excluding hydrogens is 258 g/mol. The smallest absolute Gasteiger partial charge is 0.363 e. The number of rotatable bonds is 9. The summed E-state index contributed by atoms with van der Waals surface area (Å²) < 4.78 is 11.2. The predicted octanol–water partition coefficient (Wildman–Crippen LogP) is 0.543. The summed E-state index contributed by atoms with van der Waals surface area (Å²) in [4.78, 5) is 20.6. The highest BCUT2D eigenvalue weighted by molar-refractivity contribution is 5.89. The first-order valence-electron chi connectivity index (χ1n) is 5.58. The Morgan fingerprint density at radius 2 is 2.26 bits per heavy atom. The van der Waals surface area contributed by atoms with Gasteiger partial charge in [-0.2, -0.15) is 5.10 Å². The molecule has 1 aromatic heterocycles. The summed E-state index contributed by atoms with van der Waals surface area (Å²) in [7, 11) is 1.57. The van der Waals surface area contributed by atoms with Crippen molar-refractivity contribution in [1.82, 2.24) is 9.78 Å². The molecule has 0 aliphatic rings. The molecule has 0 amide bonds. The lowest BCUT2D eigenvalue weighted by Gasteiger charge is -2.03. The van der Waals surface area contributed by atoms with Crippen molar-refractivity contribution in [1.29, 1.82) is 0 Å². The molecule has 0 spiro atoms. The molecule has 0 atom stereocenters. The minimum atomic E-state index is -1.42. The van der Waals surface area contributed by atoms with Crippen molar-refractivity contribution in [3.05, 3.63) is 22.0 Å². The molecule has 0 fully saturated rings. The molecule has 0 saturated carbocycles. The maximum Gasteiger partial charge on any atom is 0.363 e. The van der Waals surface area contributed by atoms with E-state index in [9.17, 15) is 14.9 Å². The maximum atomic E-state index is 10.8. The van der Waals surface area contributed by atoms with E-state index in [0.29, 0.717) is 32.8 Å². The van der Waals surface area contributed by atoms with Crippen LogP contribution in [0.1, 0.15) is 16.9 Å². The van der Waals surface area contributed by atoms with Crippen LogP contribution in [0.3, 0.4) is 0 Å². The van der Waals surface area contributed by atoms with Crippen LogP contribution in [0.15, 0.2) is 6.20 Å². The summed E-state index contributed by atoms with van der Waals surface area (Å²) in [6, 6.07) is 0. The van der Waals surface area contributed by atoms with Gasteiger partial charge in [-0.05, 0) is 6.42 Å². The van der Waals surface area contributed by atoms with E-state index in [2.05, 4.69) is 5.10 Å². The van der Waals surface area contributed by atoms with Crippen LogP contribution >= 0.6 is 0 Å². The largest absolute Gasteiger partial charge is 0.476 e. The minimum Gasteiger partial charge on any atom is -0.476 e. The zero-order chi connectivity index (χ0) is 14.3. The average molecular weight is 273 g/mol. The zero-order valence-electron chi connectivity index (χ0n) is 10.4. The number of methoxy groups -OCH3 is 1. The van der Waals surface area contributed by atoms with Gasteiger partial charge in [-0.1, -0.05) is 0 Å². The van der Waals surface area contributed by atoms with Crippen molar-refractivity contribution in [2.75, 3.05) is 26.9 Å². The number of carbonyl (C=O) groups is 1. The van der Waals surface area contributed by atoms with Gasteiger partial charge in [-0.15, -0.1) is 0 Å². The van der Waals surface area contributed by atoms with Gasteiger partial charge in [-0.3, -0.25) is 14.8 Å². The molecule has 0 unspecified atom stereocenters. The quantitative estimate of drug-likeness (QED) is 0.396. The first-order chi connectivity index (χ1) is 9.06. The number of carboxylic acid groups (broad SMARTS) is 1. The summed E-state index contributed by atoms with van der Waals surface area (Å²) >= 11 is 0. The Hall–Kier alpha value is -2.00. The minimum absolute atomic E-state index is 0.348. The first-order valence-corrected chi connectivity index (χ1v) is 5.58. The molecule has 0 aliphatic carbocycles. The van der Waals surface area contributed by atoms with Crippen LogP contribution in [0.5, 0.6) is 0 Å². The number of hydrogen-bond donors (Lipinski definition) is 1. The van der Waals surface area contributed by atoms with Crippen LogP contribution in [0, 0.1) is 10.1 Å². The van der Waals surface area contributed by atoms with Crippen LogP contribution in [-0.4, -0.2) is 52.7 Å². The molecule has 0 radical (unpaired) electrons. The molecule has 1 heterocycles. The predicted molar refractivity (Wildman–Crippen MR) is 63.2 cm³/mol. The third-order valence-corrected chi connectivity index (χ3v) is 2.25. The summed E-state index contributed by atoms with van der Waals surface area (Å²) in [5.74, 6) is -1.42. The molecule has 1 N–H and O–H groups in total. The van der Waals surface area contributed by atoms with Gasteiger partial charge in [0.05, 0.1) is 18.1 Å². The molecule has 1 aromatic rings. The van der Waals surface area contributed by atoms with Gasteiger partial charge >= 0.3 is 11.7 Å². The monoisotopic (exact) mass is 273 g/mol. The standard InChI is InChI=1S/C10H15N3O6/c1-18-5-6-19-4-2-3-12-7-8(13(16)17)9(11-12)10(14)15/h7H,2-6H2,1H3,(H,14,15). The molecule has 106 valence electrons. The van der Waals surface area contributed by atoms with E-state index in [0.717, 1.165) is 6.20 Å². The molecule has 19 heavy (non-hydrogen) atoms. The number of hydrogen-bond acceptors (Lipinski definition) is 6. The lowest BCUT2D eigenvalue weighted by Crippen LogP contribution is -2.07. The van der Waals surface area contributed by atoms with Crippen LogP contribution < -0.4 is 0 Å². The Morgan fingerprint density at radius 1 is 1.53 bits per heavy atom. The van der Waals surface area contributed by atoms with Crippen molar-refractivity contribution in [3.8, 4) is 0 Å². The fourth-order valence-electron chi connectivity index (χ4n) is 1.38. The number of aryl methyl sites for hydroxylation is 1. The fraction of sp³-hybridized carbons (Fsp3) is 0.600. The zero-order valence-corrected chi connectivity index (χ0v) is 10.4. The third-order valence-electron chi connectivity index (χ3n) is 2.25. The van der Waals surface area contributed by atoms with Crippen LogP contribution in [-0.2, 0) is 16.0 Å². The number of ether oxygens (including phenoxy) is 2. The Morgan fingerprint density at radius 3 is 2.79 bits per heavy atom. The Bertz CT molecular complexity index is 413. The van der Waals surface area contributed by atoms with E-state index >= 15 is 0 Å². The second-order valence-electron chi connectivity index (χ2n) is 3.65. The Labute approximate surface area is 108 Å². The Kier molecular flexibility index (Phi) is 5.90. The van der Waals surface area contributed by atoms with Gasteiger partial charge in [0, 0.05) is 20.3 Å². The first kappa shape index (κ1) is 15.1. The molecule has 9 nitrogen and oxygen atoms in total. The second-order valence-corrected chi connectivity index (χ2v) is 3.65. The van der Waals surface area contributed by atoms with E-state index in [4.69, 9.17) is 14.6 Å². The number of aromatic nitrogens is 2. The fourth-order valence-corrected chi connectivity index (χ4v) is 1.38. The summed E-state index contributed by atoms with van der Waals surface area (Å²) in [5, 5.41) is 23.1. The van der Waals surface area contributed by atoms with Crippen LogP contribution in [0.25, 0.3) is 0 Å². The Balaban J connectivity index is 2.48. The normalized spacial score (nSPS) is 10.6. The summed E-state index contributed by atoms with van der Waals surface area (Å²) in [6.45, 7) is 1.76. The van der Waals surface area contributed by atoms with E-state index in [1.807, 2.05) is 0 Å². The number of nitrogens with zero attached hydrogens (tertiary/aromatic N) is 3. The van der Waals surface area contributed by atoms with Crippen molar-refractivity contribution >= 4 is 11.7 Å². The topological polar surface area (TPSA) is 117 Å².